The van der Waals surface area contributed by atoms with Crippen LogP contribution in [-0.2, 0) is 9.53 Å². The van der Waals surface area contributed by atoms with Gasteiger partial charge in [-0.2, -0.15) is 0 Å². The number of carbonyl (C=O) groups is 2. The molecule has 23 heavy (non-hydrogen) atoms. The van der Waals surface area contributed by atoms with Gasteiger partial charge in [0, 0.05) is 10.6 Å². The van der Waals surface area contributed by atoms with E-state index in [2.05, 4.69) is 5.32 Å². The second kappa shape index (κ2) is 5.45. The van der Waals surface area contributed by atoms with Gasteiger partial charge in [-0.3, -0.25) is 9.69 Å². The molecule has 2 aliphatic heterocycles. The van der Waals surface area contributed by atoms with Crippen molar-refractivity contribution >= 4 is 29.3 Å². The molecular weight excluding hydrogens is 320 g/mol. The van der Waals surface area contributed by atoms with Gasteiger partial charge in [0.1, 0.15) is 5.60 Å². The number of nitrogens with one attached hydrogen (secondary N) is 1. The zero-order chi connectivity index (χ0) is 16.8. The first kappa shape index (κ1) is 15.7. The number of rotatable bonds is 0. The lowest BCUT2D eigenvalue weighted by atomic mass is 10.1. The minimum absolute atomic E-state index is 0.236. The molecule has 0 atom stereocenters. The van der Waals surface area contributed by atoms with Crippen LogP contribution in [0.25, 0.3) is 0 Å². The fourth-order valence-electron chi connectivity index (χ4n) is 2.27. The maximum Gasteiger partial charge on any atom is 0.410 e. The number of carbonyl (C=O) groups excluding carboxylic acids is 2. The number of ether oxygens (including phenoxy) is 2. The second-order valence-corrected chi connectivity index (χ2v) is 6.90. The summed E-state index contributed by atoms with van der Waals surface area (Å²) in [6.45, 7) is 6.07. The van der Waals surface area contributed by atoms with Crippen molar-refractivity contribution in [1.29, 1.82) is 0 Å². The Bertz CT molecular complexity index is 713. The van der Waals surface area contributed by atoms with Crippen molar-refractivity contribution in [3.8, 4) is 5.75 Å². The van der Waals surface area contributed by atoms with Gasteiger partial charge in [0.2, 0.25) is 0 Å². The van der Waals surface area contributed by atoms with E-state index in [-0.39, 0.29) is 11.7 Å². The maximum absolute atomic E-state index is 12.1. The molecule has 0 unspecified atom stereocenters. The molecule has 2 amide bonds. The van der Waals surface area contributed by atoms with Crippen molar-refractivity contribution in [3.63, 3.8) is 0 Å². The highest BCUT2D eigenvalue weighted by atomic mass is 35.5. The highest BCUT2D eigenvalue weighted by molar-refractivity contribution is 6.31. The summed E-state index contributed by atoms with van der Waals surface area (Å²) < 4.78 is 10.9. The number of hydrogen-bond donors (Lipinski definition) is 1. The molecule has 0 spiro atoms. The molecule has 122 valence electrons. The van der Waals surface area contributed by atoms with Crippen LogP contribution in [0.4, 0.5) is 10.5 Å². The third-order valence-electron chi connectivity index (χ3n) is 3.34. The van der Waals surface area contributed by atoms with Crippen LogP contribution < -0.4 is 10.1 Å². The largest absolute Gasteiger partial charge is 0.449 e. The van der Waals surface area contributed by atoms with Gasteiger partial charge in [-0.15, -0.1) is 0 Å². The molecule has 0 aromatic heterocycles. The van der Waals surface area contributed by atoms with Crippen molar-refractivity contribution in [2.75, 3.05) is 18.4 Å². The molecule has 1 N–H and O–H groups in total. The molecule has 0 bridgehead atoms. The average Bonchev–Trinajstić information content (AvgIpc) is 2.35. The lowest BCUT2D eigenvalue weighted by Gasteiger charge is -2.36. The minimum atomic E-state index is -0.545. The van der Waals surface area contributed by atoms with E-state index in [4.69, 9.17) is 21.1 Å². The van der Waals surface area contributed by atoms with Crippen molar-refractivity contribution in [2.45, 2.75) is 26.4 Å². The van der Waals surface area contributed by atoms with Crippen molar-refractivity contribution in [3.05, 3.63) is 34.6 Å². The molecule has 1 aromatic rings. The summed E-state index contributed by atoms with van der Waals surface area (Å²) in [4.78, 5) is 25.6. The van der Waals surface area contributed by atoms with E-state index in [9.17, 15) is 9.59 Å². The monoisotopic (exact) mass is 336 g/mol. The second-order valence-electron chi connectivity index (χ2n) is 6.47. The summed E-state index contributed by atoms with van der Waals surface area (Å²) in [6.07, 6.45) is -0.398. The number of benzene rings is 1. The SMILES string of the molecule is CC(C)(C)OC(=O)N1CC(=C2Oc3ccc(Cl)cc3NC2=O)C1. The molecule has 1 saturated heterocycles. The molecule has 0 radical (unpaired) electrons. The Morgan fingerprint density at radius 1 is 1.35 bits per heavy atom. The van der Waals surface area contributed by atoms with Crippen molar-refractivity contribution in [1.82, 2.24) is 4.90 Å². The summed E-state index contributed by atoms with van der Waals surface area (Å²) in [6, 6.07) is 5.01. The predicted molar refractivity (Wildman–Crippen MR) is 85.5 cm³/mol. The smallest absolute Gasteiger partial charge is 0.410 e. The van der Waals surface area contributed by atoms with E-state index < -0.39 is 11.7 Å². The number of halogens is 1. The van der Waals surface area contributed by atoms with E-state index in [0.717, 1.165) is 5.57 Å². The number of anilines is 1. The molecule has 1 fully saturated rings. The van der Waals surface area contributed by atoms with Gasteiger partial charge in [-0.25, -0.2) is 4.79 Å². The van der Waals surface area contributed by atoms with Crippen LogP contribution in [0, 0.1) is 0 Å². The van der Waals surface area contributed by atoms with Crippen LogP contribution in [0.15, 0.2) is 29.5 Å². The Labute approximate surface area is 139 Å². The number of likely N-dealkylation sites (tertiary alicyclic amines) is 1. The molecule has 0 saturated carbocycles. The highest BCUT2D eigenvalue weighted by Crippen LogP contribution is 2.35. The minimum Gasteiger partial charge on any atom is -0.449 e. The number of amides is 2. The van der Waals surface area contributed by atoms with Crippen LogP contribution in [0.3, 0.4) is 0 Å². The number of fused-ring (bicyclic) bond motifs is 1. The van der Waals surface area contributed by atoms with Crippen LogP contribution in [-0.4, -0.2) is 35.6 Å². The Balaban J connectivity index is 1.71. The van der Waals surface area contributed by atoms with Gasteiger partial charge < -0.3 is 14.8 Å². The molecule has 2 heterocycles. The Hall–Kier alpha value is -2.21. The number of hydrogen-bond acceptors (Lipinski definition) is 4. The zero-order valence-corrected chi connectivity index (χ0v) is 13.9. The fraction of sp³-hybridized carbons (Fsp3) is 0.375. The average molecular weight is 337 g/mol. The van der Waals surface area contributed by atoms with Gasteiger partial charge in [0.25, 0.3) is 5.91 Å². The summed E-state index contributed by atoms with van der Waals surface area (Å²) in [5, 5.41) is 3.26. The lowest BCUT2D eigenvalue weighted by Crippen LogP contribution is -2.48. The maximum atomic E-state index is 12.1. The van der Waals surface area contributed by atoms with Gasteiger partial charge in [-0.1, -0.05) is 11.6 Å². The van der Waals surface area contributed by atoms with E-state index in [0.29, 0.717) is 29.5 Å². The molecule has 2 aliphatic rings. The van der Waals surface area contributed by atoms with Crippen LogP contribution in [0.2, 0.25) is 5.02 Å². The van der Waals surface area contributed by atoms with Gasteiger partial charge in [0.05, 0.1) is 18.8 Å². The third-order valence-corrected chi connectivity index (χ3v) is 3.58. The summed E-state index contributed by atoms with van der Waals surface area (Å²) in [5.41, 5.74) is 0.751. The van der Waals surface area contributed by atoms with E-state index in [1.54, 1.807) is 18.2 Å². The predicted octanol–water partition coefficient (Wildman–Crippen LogP) is 3.18. The summed E-state index contributed by atoms with van der Waals surface area (Å²) >= 11 is 5.89. The van der Waals surface area contributed by atoms with Gasteiger partial charge >= 0.3 is 6.09 Å². The molecule has 3 rings (SSSR count). The standard InChI is InChI=1S/C16H17ClN2O4/c1-16(2,3)23-15(21)19-7-9(8-19)13-14(20)18-11-6-10(17)4-5-12(11)22-13/h4-6H,7-8H2,1-3H3,(H,18,20). The van der Waals surface area contributed by atoms with E-state index in [1.165, 1.54) is 4.90 Å². The number of nitrogens with zero attached hydrogens (tertiary/aromatic N) is 1. The van der Waals surface area contributed by atoms with E-state index in [1.807, 2.05) is 20.8 Å². The van der Waals surface area contributed by atoms with Gasteiger partial charge in [0.15, 0.2) is 11.5 Å². The van der Waals surface area contributed by atoms with Crippen LogP contribution in [0.5, 0.6) is 5.75 Å². The lowest BCUT2D eigenvalue weighted by molar-refractivity contribution is -0.115. The van der Waals surface area contributed by atoms with Gasteiger partial charge in [-0.05, 0) is 39.0 Å². The molecule has 6 nitrogen and oxygen atoms in total. The zero-order valence-electron chi connectivity index (χ0n) is 13.1. The van der Waals surface area contributed by atoms with Crippen molar-refractivity contribution < 1.29 is 19.1 Å². The quantitative estimate of drug-likeness (QED) is 0.739. The molecule has 7 heteroatoms. The summed E-state index contributed by atoms with van der Waals surface area (Å²) in [5.74, 6) is 0.436. The Morgan fingerprint density at radius 3 is 2.70 bits per heavy atom. The molecule has 1 aromatic carbocycles. The molecule has 0 aliphatic carbocycles. The first-order valence-electron chi connectivity index (χ1n) is 7.21. The topological polar surface area (TPSA) is 67.9 Å². The first-order valence-corrected chi connectivity index (χ1v) is 7.59. The third kappa shape index (κ3) is 3.27. The summed E-state index contributed by atoms with van der Waals surface area (Å²) in [7, 11) is 0. The Morgan fingerprint density at radius 2 is 2.04 bits per heavy atom. The first-order chi connectivity index (χ1) is 10.7. The fourth-order valence-corrected chi connectivity index (χ4v) is 2.44. The normalized spacial score (nSPS) is 17.0. The van der Waals surface area contributed by atoms with Crippen LogP contribution in [0.1, 0.15) is 20.8 Å². The highest BCUT2D eigenvalue weighted by Gasteiger charge is 2.35. The van der Waals surface area contributed by atoms with E-state index >= 15 is 0 Å². The molecular formula is C16H17ClN2O4. The van der Waals surface area contributed by atoms with Crippen LogP contribution >= 0.6 is 11.6 Å². The van der Waals surface area contributed by atoms with Crippen molar-refractivity contribution in [2.24, 2.45) is 0 Å². The Kier molecular flexibility index (Phi) is 3.72.